The molecule has 0 radical (unpaired) electrons. The molecule has 0 unspecified atom stereocenters. The van der Waals surface area contributed by atoms with Crippen molar-refractivity contribution < 1.29 is 23.1 Å². The summed E-state index contributed by atoms with van der Waals surface area (Å²) in [6.07, 6.45) is -4.38. The molecular formula is C9H16F3N3O2. The number of aliphatic hydroxyl groups is 1. The Hall–Kier alpha value is -1.02. The Kier molecular flexibility index (Phi) is 5.01. The molecule has 5 nitrogen and oxygen atoms in total. The first-order valence-corrected chi connectivity index (χ1v) is 5.35. The normalized spacial score (nSPS) is 18.2. The Morgan fingerprint density at radius 2 is 1.82 bits per heavy atom. The lowest BCUT2D eigenvalue weighted by Gasteiger charge is -2.34. The van der Waals surface area contributed by atoms with Crippen molar-refractivity contribution in [3.05, 3.63) is 0 Å². The van der Waals surface area contributed by atoms with Crippen molar-refractivity contribution in [1.29, 1.82) is 0 Å². The van der Waals surface area contributed by atoms with Gasteiger partial charge in [0.05, 0.1) is 6.61 Å². The lowest BCUT2D eigenvalue weighted by molar-refractivity contribution is -0.123. The minimum absolute atomic E-state index is 0.0419. The Balaban J connectivity index is 2.26. The van der Waals surface area contributed by atoms with E-state index in [0.29, 0.717) is 32.7 Å². The summed E-state index contributed by atoms with van der Waals surface area (Å²) in [4.78, 5) is 14.7. The highest BCUT2D eigenvalue weighted by atomic mass is 19.4. The molecule has 0 saturated carbocycles. The lowest BCUT2D eigenvalue weighted by Crippen LogP contribution is -2.53. The van der Waals surface area contributed by atoms with Gasteiger partial charge < -0.3 is 15.3 Å². The fourth-order valence-electron chi connectivity index (χ4n) is 1.60. The van der Waals surface area contributed by atoms with Crippen LogP contribution < -0.4 is 5.32 Å². The van der Waals surface area contributed by atoms with Crippen LogP contribution in [0.2, 0.25) is 0 Å². The highest BCUT2D eigenvalue weighted by molar-refractivity contribution is 5.74. The van der Waals surface area contributed by atoms with Gasteiger partial charge in [0.15, 0.2) is 0 Å². The SMILES string of the molecule is O=C(NCC(F)(F)F)N1CCN(CCO)CC1. The van der Waals surface area contributed by atoms with Crippen LogP contribution in [0.5, 0.6) is 0 Å². The van der Waals surface area contributed by atoms with Gasteiger partial charge in [0.1, 0.15) is 6.54 Å². The third-order valence-electron chi connectivity index (χ3n) is 2.52. The summed E-state index contributed by atoms with van der Waals surface area (Å²) >= 11 is 0. The molecule has 1 aliphatic rings. The summed E-state index contributed by atoms with van der Waals surface area (Å²) in [7, 11) is 0. The molecule has 2 N–H and O–H groups in total. The maximum atomic E-state index is 11.9. The molecule has 0 aliphatic carbocycles. The van der Waals surface area contributed by atoms with E-state index in [4.69, 9.17) is 5.11 Å². The molecule has 0 bridgehead atoms. The summed E-state index contributed by atoms with van der Waals surface area (Å²) in [5.74, 6) is 0. The van der Waals surface area contributed by atoms with Gasteiger partial charge in [-0.2, -0.15) is 13.2 Å². The maximum Gasteiger partial charge on any atom is 0.405 e. The van der Waals surface area contributed by atoms with Crippen molar-refractivity contribution in [3.8, 4) is 0 Å². The largest absolute Gasteiger partial charge is 0.405 e. The quantitative estimate of drug-likeness (QED) is 0.738. The van der Waals surface area contributed by atoms with E-state index in [0.717, 1.165) is 0 Å². The molecule has 0 aromatic heterocycles. The van der Waals surface area contributed by atoms with Gasteiger partial charge in [-0.15, -0.1) is 0 Å². The summed E-state index contributed by atoms with van der Waals surface area (Å²) in [6, 6.07) is -0.689. The van der Waals surface area contributed by atoms with E-state index >= 15 is 0 Å². The number of rotatable bonds is 3. The van der Waals surface area contributed by atoms with Crippen LogP contribution in [0.1, 0.15) is 0 Å². The highest BCUT2D eigenvalue weighted by Crippen LogP contribution is 2.12. The molecular weight excluding hydrogens is 239 g/mol. The van der Waals surface area contributed by atoms with Crippen molar-refractivity contribution in [1.82, 2.24) is 15.1 Å². The van der Waals surface area contributed by atoms with Crippen LogP contribution in [0.25, 0.3) is 0 Å². The Labute approximate surface area is 97.2 Å². The van der Waals surface area contributed by atoms with Crippen LogP contribution in [-0.2, 0) is 0 Å². The molecule has 0 spiro atoms. The van der Waals surface area contributed by atoms with Crippen LogP contribution >= 0.6 is 0 Å². The number of β-amino-alcohol motifs (C(OH)–C–C–N with tert-alkyl or cyclic N) is 1. The summed E-state index contributed by atoms with van der Waals surface area (Å²) < 4.78 is 35.6. The van der Waals surface area contributed by atoms with E-state index in [9.17, 15) is 18.0 Å². The molecule has 1 fully saturated rings. The average molecular weight is 255 g/mol. The van der Waals surface area contributed by atoms with Crippen LogP contribution in [0, 0.1) is 0 Å². The van der Waals surface area contributed by atoms with E-state index in [1.165, 1.54) is 4.90 Å². The van der Waals surface area contributed by atoms with E-state index in [2.05, 4.69) is 0 Å². The topological polar surface area (TPSA) is 55.8 Å². The van der Waals surface area contributed by atoms with E-state index in [1.54, 1.807) is 0 Å². The van der Waals surface area contributed by atoms with Crippen molar-refractivity contribution in [2.75, 3.05) is 45.9 Å². The van der Waals surface area contributed by atoms with Gasteiger partial charge >= 0.3 is 12.2 Å². The smallest absolute Gasteiger partial charge is 0.395 e. The fourth-order valence-corrected chi connectivity index (χ4v) is 1.60. The maximum absolute atomic E-state index is 11.9. The van der Waals surface area contributed by atoms with Gasteiger partial charge in [-0.05, 0) is 0 Å². The Morgan fingerprint density at radius 1 is 1.24 bits per heavy atom. The first-order chi connectivity index (χ1) is 7.92. The molecule has 17 heavy (non-hydrogen) atoms. The molecule has 100 valence electrons. The number of carbonyl (C=O) groups excluding carboxylic acids is 1. The third-order valence-corrected chi connectivity index (χ3v) is 2.52. The molecule has 0 atom stereocenters. The van der Waals surface area contributed by atoms with Crippen LogP contribution in [-0.4, -0.2) is 73.0 Å². The van der Waals surface area contributed by atoms with E-state index < -0.39 is 18.8 Å². The number of hydrogen-bond donors (Lipinski definition) is 2. The number of halogens is 3. The minimum atomic E-state index is -4.38. The van der Waals surface area contributed by atoms with Gasteiger partial charge in [0.2, 0.25) is 0 Å². The predicted molar refractivity (Wildman–Crippen MR) is 54.6 cm³/mol. The van der Waals surface area contributed by atoms with Crippen LogP contribution in [0.3, 0.4) is 0 Å². The molecule has 0 aromatic carbocycles. The molecule has 1 heterocycles. The van der Waals surface area contributed by atoms with Gasteiger partial charge in [0.25, 0.3) is 0 Å². The van der Waals surface area contributed by atoms with E-state index in [-0.39, 0.29) is 6.61 Å². The molecule has 2 amide bonds. The van der Waals surface area contributed by atoms with Gasteiger partial charge in [0, 0.05) is 32.7 Å². The molecule has 0 aromatic rings. The van der Waals surface area contributed by atoms with Crippen molar-refractivity contribution in [2.45, 2.75) is 6.18 Å². The second kappa shape index (κ2) is 6.06. The van der Waals surface area contributed by atoms with Gasteiger partial charge in [-0.3, -0.25) is 4.90 Å². The highest BCUT2D eigenvalue weighted by Gasteiger charge is 2.29. The molecule has 1 aliphatic heterocycles. The number of hydrogen-bond acceptors (Lipinski definition) is 3. The second-order valence-electron chi connectivity index (χ2n) is 3.83. The predicted octanol–water partition coefficient (Wildman–Crippen LogP) is -0.132. The molecule has 1 rings (SSSR count). The first kappa shape index (κ1) is 14.0. The molecule has 1 saturated heterocycles. The summed E-state index contributed by atoms with van der Waals surface area (Å²) in [5.41, 5.74) is 0. The summed E-state index contributed by atoms with van der Waals surface area (Å²) in [6.45, 7) is 1.16. The number of carbonyl (C=O) groups is 1. The zero-order valence-corrected chi connectivity index (χ0v) is 9.33. The van der Waals surface area contributed by atoms with E-state index in [1.807, 2.05) is 10.2 Å². The van der Waals surface area contributed by atoms with Gasteiger partial charge in [-0.1, -0.05) is 0 Å². The molecule has 8 heteroatoms. The second-order valence-corrected chi connectivity index (χ2v) is 3.83. The average Bonchev–Trinajstić information content (AvgIpc) is 2.26. The Bertz CT molecular complexity index is 252. The van der Waals surface area contributed by atoms with Crippen LogP contribution in [0.4, 0.5) is 18.0 Å². The Morgan fingerprint density at radius 3 is 2.29 bits per heavy atom. The van der Waals surface area contributed by atoms with Crippen molar-refractivity contribution in [3.63, 3.8) is 0 Å². The summed E-state index contributed by atoms with van der Waals surface area (Å²) in [5, 5.41) is 10.5. The monoisotopic (exact) mass is 255 g/mol. The fraction of sp³-hybridized carbons (Fsp3) is 0.889. The van der Waals surface area contributed by atoms with Crippen molar-refractivity contribution in [2.24, 2.45) is 0 Å². The number of piperazine rings is 1. The zero-order valence-electron chi connectivity index (χ0n) is 9.33. The first-order valence-electron chi connectivity index (χ1n) is 5.35. The zero-order chi connectivity index (χ0) is 12.9. The number of nitrogens with zero attached hydrogens (tertiary/aromatic N) is 2. The standard InChI is InChI=1S/C9H16F3N3O2/c10-9(11,12)7-13-8(17)15-3-1-14(2-4-15)5-6-16/h16H,1-7H2,(H,13,17). The number of urea groups is 1. The minimum Gasteiger partial charge on any atom is -0.395 e. The van der Waals surface area contributed by atoms with Crippen LogP contribution in [0.15, 0.2) is 0 Å². The van der Waals surface area contributed by atoms with Gasteiger partial charge in [-0.25, -0.2) is 4.79 Å². The lowest BCUT2D eigenvalue weighted by atomic mass is 10.3. The van der Waals surface area contributed by atoms with Crippen molar-refractivity contribution >= 4 is 6.03 Å². The number of alkyl halides is 3. The number of amides is 2. The third kappa shape index (κ3) is 5.22. The number of nitrogens with one attached hydrogen (secondary N) is 1. The number of aliphatic hydroxyl groups excluding tert-OH is 1.